The van der Waals surface area contributed by atoms with Crippen LogP contribution in [0.2, 0.25) is 0 Å². The van der Waals surface area contributed by atoms with Gasteiger partial charge in [0, 0.05) is 19.1 Å². The molecule has 3 rings (SSSR count). The Hall–Kier alpha value is -1.12. The summed E-state index contributed by atoms with van der Waals surface area (Å²) >= 11 is 0. The second kappa shape index (κ2) is 5.25. The van der Waals surface area contributed by atoms with E-state index in [1.807, 2.05) is 0 Å². The molecule has 1 saturated carbocycles. The Balaban J connectivity index is 1.85. The van der Waals surface area contributed by atoms with E-state index in [1.54, 1.807) is 11.1 Å². The van der Waals surface area contributed by atoms with Crippen molar-refractivity contribution in [3.63, 3.8) is 0 Å². The molecular formula is C16H21NO. The van der Waals surface area contributed by atoms with E-state index < -0.39 is 0 Å². The monoisotopic (exact) mass is 243 g/mol. The van der Waals surface area contributed by atoms with Gasteiger partial charge in [-0.25, -0.2) is 0 Å². The lowest BCUT2D eigenvalue weighted by atomic mass is 9.97. The third kappa shape index (κ3) is 2.50. The van der Waals surface area contributed by atoms with Crippen LogP contribution >= 0.6 is 0 Å². The number of hydrogen-bond acceptors (Lipinski definition) is 2. The molecule has 0 N–H and O–H groups in total. The van der Waals surface area contributed by atoms with Crippen LogP contribution in [0.1, 0.15) is 25.3 Å². The number of hydrogen-bond donors (Lipinski definition) is 0. The maximum Gasteiger partial charge on any atom is 0.0594 e. The highest BCUT2D eigenvalue weighted by atomic mass is 16.5. The molecule has 2 heteroatoms. The second-order valence-electron chi connectivity index (χ2n) is 5.21. The zero-order valence-corrected chi connectivity index (χ0v) is 11.1. The van der Waals surface area contributed by atoms with Gasteiger partial charge in [0.1, 0.15) is 0 Å². The van der Waals surface area contributed by atoms with Gasteiger partial charge in [0.2, 0.25) is 0 Å². The maximum atomic E-state index is 5.45. The van der Waals surface area contributed by atoms with E-state index in [-0.39, 0.29) is 0 Å². The third-order valence-electron chi connectivity index (χ3n) is 3.98. The zero-order valence-electron chi connectivity index (χ0n) is 11.1. The van der Waals surface area contributed by atoms with E-state index in [9.17, 15) is 0 Å². The summed E-state index contributed by atoms with van der Waals surface area (Å²) < 4.78 is 5.45. The SMILES string of the molecule is CC(C(=C1CC1)c1ccccc1)N1CCOCC1. The fourth-order valence-electron chi connectivity index (χ4n) is 2.84. The summed E-state index contributed by atoms with van der Waals surface area (Å²) in [5.41, 5.74) is 4.63. The molecule has 1 aromatic rings. The largest absolute Gasteiger partial charge is 0.379 e. The highest BCUT2D eigenvalue weighted by Crippen LogP contribution is 2.39. The minimum atomic E-state index is 0.522. The first-order chi connectivity index (χ1) is 8.86. The minimum absolute atomic E-state index is 0.522. The smallest absolute Gasteiger partial charge is 0.0594 e. The Morgan fingerprint density at radius 1 is 1.11 bits per heavy atom. The number of nitrogens with zero attached hydrogens (tertiary/aromatic N) is 1. The molecule has 0 amide bonds. The number of morpholine rings is 1. The van der Waals surface area contributed by atoms with Crippen molar-refractivity contribution >= 4 is 5.57 Å². The van der Waals surface area contributed by atoms with Crippen LogP contribution in [-0.2, 0) is 4.74 Å². The van der Waals surface area contributed by atoms with Crippen molar-refractivity contribution in [2.45, 2.75) is 25.8 Å². The summed E-state index contributed by atoms with van der Waals surface area (Å²) in [5, 5.41) is 0. The van der Waals surface area contributed by atoms with Crippen molar-refractivity contribution in [2.24, 2.45) is 0 Å². The molecule has 0 aromatic heterocycles. The van der Waals surface area contributed by atoms with Crippen LogP contribution in [0, 0.1) is 0 Å². The molecule has 1 atom stereocenters. The number of ether oxygens (including phenoxy) is 1. The Kier molecular flexibility index (Phi) is 3.48. The summed E-state index contributed by atoms with van der Waals surface area (Å²) in [5.74, 6) is 0. The molecule has 1 aliphatic carbocycles. The highest BCUT2D eigenvalue weighted by molar-refractivity contribution is 5.74. The van der Waals surface area contributed by atoms with Gasteiger partial charge in [0.05, 0.1) is 13.2 Å². The van der Waals surface area contributed by atoms with Crippen LogP contribution in [0.4, 0.5) is 0 Å². The molecule has 18 heavy (non-hydrogen) atoms. The van der Waals surface area contributed by atoms with Crippen molar-refractivity contribution < 1.29 is 4.74 Å². The predicted octanol–water partition coefficient (Wildman–Crippen LogP) is 2.95. The van der Waals surface area contributed by atoms with Crippen LogP contribution in [0.15, 0.2) is 35.9 Å². The summed E-state index contributed by atoms with van der Waals surface area (Å²) in [4.78, 5) is 2.55. The first-order valence-electron chi connectivity index (χ1n) is 6.95. The molecule has 0 radical (unpaired) electrons. The first-order valence-corrected chi connectivity index (χ1v) is 6.95. The van der Waals surface area contributed by atoms with E-state index in [2.05, 4.69) is 42.2 Å². The van der Waals surface area contributed by atoms with Crippen molar-refractivity contribution in [3.8, 4) is 0 Å². The Bertz CT molecular complexity index is 426. The molecule has 1 aliphatic heterocycles. The normalized spacial score (nSPS) is 21.7. The lowest BCUT2D eigenvalue weighted by Crippen LogP contribution is -2.42. The van der Waals surface area contributed by atoms with Gasteiger partial charge in [0.15, 0.2) is 0 Å². The Morgan fingerprint density at radius 3 is 2.39 bits per heavy atom. The summed E-state index contributed by atoms with van der Waals surface area (Å²) in [7, 11) is 0. The van der Waals surface area contributed by atoms with E-state index >= 15 is 0 Å². The maximum absolute atomic E-state index is 5.45. The molecule has 2 fully saturated rings. The predicted molar refractivity (Wildman–Crippen MR) is 74.5 cm³/mol. The molecule has 1 heterocycles. The van der Waals surface area contributed by atoms with Gasteiger partial charge in [-0.05, 0) is 30.9 Å². The zero-order chi connectivity index (χ0) is 12.4. The topological polar surface area (TPSA) is 12.5 Å². The third-order valence-corrected chi connectivity index (χ3v) is 3.98. The van der Waals surface area contributed by atoms with Crippen LogP contribution in [0.5, 0.6) is 0 Å². The Labute approximate surface area is 109 Å². The van der Waals surface area contributed by atoms with Gasteiger partial charge in [-0.3, -0.25) is 4.90 Å². The van der Waals surface area contributed by atoms with E-state index in [1.165, 1.54) is 18.4 Å². The van der Waals surface area contributed by atoms with Crippen LogP contribution < -0.4 is 0 Å². The van der Waals surface area contributed by atoms with E-state index in [4.69, 9.17) is 4.74 Å². The van der Waals surface area contributed by atoms with Crippen molar-refractivity contribution in [2.75, 3.05) is 26.3 Å². The molecule has 2 nitrogen and oxygen atoms in total. The number of benzene rings is 1. The van der Waals surface area contributed by atoms with Gasteiger partial charge in [-0.15, -0.1) is 0 Å². The number of rotatable bonds is 3. The molecule has 2 aliphatic rings. The summed E-state index contributed by atoms with van der Waals surface area (Å²) in [6.45, 7) is 6.22. The van der Waals surface area contributed by atoms with Crippen LogP contribution in [0.25, 0.3) is 5.57 Å². The van der Waals surface area contributed by atoms with Gasteiger partial charge in [-0.1, -0.05) is 35.9 Å². The standard InChI is InChI=1S/C16H21NO/c1-13(17-9-11-18-12-10-17)16(15-7-8-15)14-5-3-2-4-6-14/h2-6,13H,7-12H2,1H3. The molecule has 0 spiro atoms. The van der Waals surface area contributed by atoms with Crippen LogP contribution in [0.3, 0.4) is 0 Å². The van der Waals surface area contributed by atoms with Gasteiger partial charge < -0.3 is 4.74 Å². The van der Waals surface area contributed by atoms with Gasteiger partial charge >= 0.3 is 0 Å². The number of allylic oxidation sites excluding steroid dienone is 1. The minimum Gasteiger partial charge on any atom is -0.379 e. The molecular weight excluding hydrogens is 222 g/mol. The van der Waals surface area contributed by atoms with Crippen molar-refractivity contribution in [1.29, 1.82) is 0 Å². The lowest BCUT2D eigenvalue weighted by Gasteiger charge is -2.34. The molecule has 1 aromatic carbocycles. The molecule has 96 valence electrons. The van der Waals surface area contributed by atoms with Gasteiger partial charge in [0.25, 0.3) is 0 Å². The fourth-order valence-corrected chi connectivity index (χ4v) is 2.84. The quantitative estimate of drug-likeness (QED) is 0.809. The van der Waals surface area contributed by atoms with E-state index in [0.717, 1.165) is 26.3 Å². The average Bonchev–Trinajstić information content (AvgIpc) is 3.26. The Morgan fingerprint density at radius 2 is 1.78 bits per heavy atom. The fraction of sp³-hybridized carbons (Fsp3) is 0.500. The molecule has 1 unspecified atom stereocenters. The first kappa shape index (κ1) is 11.9. The van der Waals surface area contributed by atoms with Crippen molar-refractivity contribution in [1.82, 2.24) is 4.90 Å². The molecule has 0 bridgehead atoms. The summed E-state index contributed by atoms with van der Waals surface area (Å²) in [6, 6.07) is 11.4. The summed E-state index contributed by atoms with van der Waals surface area (Å²) in [6.07, 6.45) is 2.58. The van der Waals surface area contributed by atoms with Crippen molar-refractivity contribution in [3.05, 3.63) is 41.5 Å². The lowest BCUT2D eigenvalue weighted by molar-refractivity contribution is 0.0302. The van der Waals surface area contributed by atoms with E-state index in [0.29, 0.717) is 6.04 Å². The second-order valence-corrected chi connectivity index (χ2v) is 5.21. The average molecular weight is 243 g/mol. The highest BCUT2D eigenvalue weighted by Gasteiger charge is 2.27. The van der Waals surface area contributed by atoms with Crippen LogP contribution in [-0.4, -0.2) is 37.2 Å². The van der Waals surface area contributed by atoms with Gasteiger partial charge in [-0.2, -0.15) is 0 Å². The molecule has 1 saturated heterocycles.